The molecule has 0 aromatic heterocycles. The summed E-state index contributed by atoms with van der Waals surface area (Å²) in [6.45, 7) is 1.91. The molecular formula is C13H17FN2O2S. The molecule has 4 nitrogen and oxygen atoms in total. The first-order valence-electron chi connectivity index (χ1n) is 5.90. The van der Waals surface area contributed by atoms with E-state index in [9.17, 15) is 9.18 Å². The molecule has 0 aliphatic carbocycles. The van der Waals surface area contributed by atoms with Crippen LogP contribution in [-0.2, 0) is 0 Å². The van der Waals surface area contributed by atoms with E-state index in [0.29, 0.717) is 17.8 Å². The van der Waals surface area contributed by atoms with Gasteiger partial charge in [-0.1, -0.05) is 19.1 Å². The summed E-state index contributed by atoms with van der Waals surface area (Å²) in [4.78, 5) is 12.3. The minimum absolute atomic E-state index is 0.103. The molecule has 19 heavy (non-hydrogen) atoms. The van der Waals surface area contributed by atoms with E-state index in [4.69, 9.17) is 22.7 Å². The fourth-order valence-electron chi connectivity index (χ4n) is 1.62. The minimum Gasteiger partial charge on any atom is -0.494 e. The molecule has 0 radical (unpaired) electrons. The van der Waals surface area contributed by atoms with E-state index in [1.54, 1.807) is 0 Å². The van der Waals surface area contributed by atoms with Crippen molar-refractivity contribution >= 4 is 23.1 Å². The number of hydrogen-bond acceptors (Lipinski definition) is 3. The lowest BCUT2D eigenvalue weighted by Gasteiger charge is -2.16. The molecule has 3 N–H and O–H groups in total. The van der Waals surface area contributed by atoms with Gasteiger partial charge in [0.1, 0.15) is 0 Å². The van der Waals surface area contributed by atoms with Crippen molar-refractivity contribution in [1.82, 2.24) is 5.32 Å². The van der Waals surface area contributed by atoms with E-state index in [-0.39, 0.29) is 23.3 Å². The Morgan fingerprint density at radius 2 is 2.26 bits per heavy atom. The first-order valence-corrected chi connectivity index (χ1v) is 6.31. The molecule has 1 aromatic rings. The van der Waals surface area contributed by atoms with Gasteiger partial charge in [-0.15, -0.1) is 0 Å². The van der Waals surface area contributed by atoms with Gasteiger partial charge < -0.3 is 15.8 Å². The molecule has 0 aliphatic rings. The maximum atomic E-state index is 13.5. The highest BCUT2D eigenvalue weighted by atomic mass is 32.1. The predicted molar refractivity (Wildman–Crippen MR) is 75.9 cm³/mol. The number of thiocarbonyl (C=S) groups is 1. The van der Waals surface area contributed by atoms with Gasteiger partial charge in [-0.05, 0) is 24.6 Å². The van der Waals surface area contributed by atoms with Gasteiger partial charge in [0.15, 0.2) is 11.6 Å². The molecule has 1 unspecified atom stereocenters. The average molecular weight is 284 g/mol. The number of nitrogens with two attached hydrogens (primary N) is 1. The van der Waals surface area contributed by atoms with Gasteiger partial charge in [0.25, 0.3) is 5.91 Å². The smallest absolute Gasteiger partial charge is 0.251 e. The van der Waals surface area contributed by atoms with Crippen LogP contribution in [0.25, 0.3) is 0 Å². The standard InChI is InChI=1S/C13H17FN2O2S/c1-3-9(7-12(15)19)16-13(17)8-4-5-11(18-2)10(14)6-8/h4-6,9H,3,7H2,1-2H3,(H2,15,19)(H,16,17). The summed E-state index contributed by atoms with van der Waals surface area (Å²) in [7, 11) is 1.37. The van der Waals surface area contributed by atoms with Gasteiger partial charge >= 0.3 is 0 Å². The third kappa shape index (κ3) is 4.48. The fraction of sp³-hybridized carbons (Fsp3) is 0.385. The Balaban J connectivity index is 2.77. The van der Waals surface area contributed by atoms with Crippen LogP contribution in [0.4, 0.5) is 4.39 Å². The van der Waals surface area contributed by atoms with Gasteiger partial charge in [-0.2, -0.15) is 0 Å². The summed E-state index contributed by atoms with van der Waals surface area (Å²) in [5, 5.41) is 2.77. The highest BCUT2D eigenvalue weighted by molar-refractivity contribution is 7.80. The van der Waals surface area contributed by atoms with Crippen molar-refractivity contribution in [2.75, 3.05) is 7.11 Å². The van der Waals surface area contributed by atoms with Crippen molar-refractivity contribution in [3.8, 4) is 5.75 Å². The van der Waals surface area contributed by atoms with Crippen molar-refractivity contribution in [2.45, 2.75) is 25.8 Å². The van der Waals surface area contributed by atoms with E-state index in [0.717, 1.165) is 6.07 Å². The number of amides is 1. The van der Waals surface area contributed by atoms with E-state index in [1.807, 2.05) is 6.92 Å². The molecule has 1 amide bonds. The van der Waals surface area contributed by atoms with Gasteiger partial charge in [-0.25, -0.2) is 4.39 Å². The van der Waals surface area contributed by atoms with E-state index in [1.165, 1.54) is 19.2 Å². The number of carbonyl (C=O) groups excluding carboxylic acids is 1. The maximum absolute atomic E-state index is 13.5. The zero-order valence-corrected chi connectivity index (χ0v) is 11.7. The van der Waals surface area contributed by atoms with Crippen LogP contribution < -0.4 is 15.8 Å². The van der Waals surface area contributed by atoms with Crippen molar-refractivity contribution in [3.05, 3.63) is 29.6 Å². The largest absolute Gasteiger partial charge is 0.494 e. The predicted octanol–water partition coefficient (Wildman–Crippen LogP) is 2.02. The van der Waals surface area contributed by atoms with E-state index < -0.39 is 5.82 Å². The van der Waals surface area contributed by atoms with Gasteiger partial charge in [0.05, 0.1) is 12.1 Å². The summed E-state index contributed by atoms with van der Waals surface area (Å²) in [5.41, 5.74) is 5.68. The summed E-state index contributed by atoms with van der Waals surface area (Å²) >= 11 is 4.81. The Morgan fingerprint density at radius 3 is 2.74 bits per heavy atom. The molecule has 0 aliphatic heterocycles. The van der Waals surface area contributed by atoms with E-state index >= 15 is 0 Å². The molecular weight excluding hydrogens is 267 g/mol. The minimum atomic E-state index is -0.572. The Bertz CT molecular complexity index is 480. The second kappa shape index (κ2) is 7.04. The highest BCUT2D eigenvalue weighted by Crippen LogP contribution is 2.17. The van der Waals surface area contributed by atoms with Crippen LogP contribution in [0.5, 0.6) is 5.75 Å². The Kier molecular flexibility index (Phi) is 5.69. The lowest BCUT2D eigenvalue weighted by atomic mass is 10.1. The normalized spacial score (nSPS) is 11.7. The first-order chi connectivity index (χ1) is 8.97. The molecule has 1 aromatic carbocycles. The van der Waals surface area contributed by atoms with Crippen molar-refractivity contribution in [3.63, 3.8) is 0 Å². The summed E-state index contributed by atoms with van der Waals surface area (Å²) in [6, 6.07) is 3.92. The monoisotopic (exact) mass is 284 g/mol. The molecule has 0 saturated heterocycles. The molecule has 104 valence electrons. The second-order valence-electron chi connectivity index (χ2n) is 4.10. The van der Waals surface area contributed by atoms with Gasteiger partial charge in [0.2, 0.25) is 0 Å². The second-order valence-corrected chi connectivity index (χ2v) is 4.62. The van der Waals surface area contributed by atoms with Crippen molar-refractivity contribution < 1.29 is 13.9 Å². The first kappa shape index (κ1) is 15.4. The van der Waals surface area contributed by atoms with Crippen LogP contribution in [0.3, 0.4) is 0 Å². The number of benzene rings is 1. The Labute approximate surface area is 117 Å². The molecule has 6 heteroatoms. The van der Waals surface area contributed by atoms with Crippen molar-refractivity contribution in [2.24, 2.45) is 5.73 Å². The number of halogens is 1. The lowest BCUT2D eigenvalue weighted by molar-refractivity contribution is 0.0936. The molecule has 1 rings (SSSR count). The molecule has 0 heterocycles. The van der Waals surface area contributed by atoms with Crippen LogP contribution in [0.1, 0.15) is 30.1 Å². The Morgan fingerprint density at radius 1 is 1.58 bits per heavy atom. The maximum Gasteiger partial charge on any atom is 0.251 e. The number of rotatable bonds is 6. The Hall–Kier alpha value is -1.69. The fourth-order valence-corrected chi connectivity index (χ4v) is 1.82. The summed E-state index contributed by atoms with van der Waals surface area (Å²) in [6.07, 6.45) is 1.12. The molecule has 0 bridgehead atoms. The molecule has 0 saturated carbocycles. The number of ether oxygens (including phenoxy) is 1. The quantitative estimate of drug-likeness (QED) is 0.784. The summed E-state index contributed by atoms with van der Waals surface area (Å²) < 4.78 is 18.3. The van der Waals surface area contributed by atoms with Crippen LogP contribution in [0, 0.1) is 5.82 Å². The van der Waals surface area contributed by atoms with Crippen LogP contribution in [0.15, 0.2) is 18.2 Å². The molecule has 0 spiro atoms. The topological polar surface area (TPSA) is 64.3 Å². The molecule has 1 atom stereocenters. The number of methoxy groups -OCH3 is 1. The van der Waals surface area contributed by atoms with E-state index in [2.05, 4.69) is 5.32 Å². The van der Waals surface area contributed by atoms with Gasteiger partial charge in [0, 0.05) is 18.0 Å². The van der Waals surface area contributed by atoms with Crippen LogP contribution in [-0.4, -0.2) is 24.0 Å². The van der Waals surface area contributed by atoms with Crippen LogP contribution >= 0.6 is 12.2 Å². The number of carbonyl (C=O) groups is 1. The SMILES string of the molecule is CCC(CC(N)=S)NC(=O)c1ccc(OC)c(F)c1. The van der Waals surface area contributed by atoms with Crippen LogP contribution in [0.2, 0.25) is 0 Å². The number of nitrogens with one attached hydrogen (secondary N) is 1. The highest BCUT2D eigenvalue weighted by Gasteiger charge is 2.14. The molecule has 0 fully saturated rings. The van der Waals surface area contributed by atoms with Crippen molar-refractivity contribution in [1.29, 1.82) is 0 Å². The number of hydrogen-bond donors (Lipinski definition) is 2. The zero-order valence-electron chi connectivity index (χ0n) is 10.9. The third-order valence-corrected chi connectivity index (χ3v) is 2.86. The summed E-state index contributed by atoms with van der Waals surface area (Å²) in [5.74, 6) is -0.825. The lowest BCUT2D eigenvalue weighted by Crippen LogP contribution is -2.37. The zero-order chi connectivity index (χ0) is 14.4. The third-order valence-electron chi connectivity index (χ3n) is 2.69. The average Bonchev–Trinajstić information content (AvgIpc) is 2.37. The van der Waals surface area contributed by atoms with Gasteiger partial charge in [-0.3, -0.25) is 4.79 Å².